The Kier molecular flexibility index (Phi) is 11.3. The van der Waals surface area contributed by atoms with Gasteiger partial charge in [0.05, 0.1) is 24.7 Å². The predicted octanol–water partition coefficient (Wildman–Crippen LogP) is 6.79. The van der Waals surface area contributed by atoms with Gasteiger partial charge in [-0.2, -0.15) is 0 Å². The SMILES string of the molecule is CC(C)=NOCCCCOc1c(Br)cc(OCC=C(Br)Br)cc1Br. The number of oxime groups is 1. The van der Waals surface area contributed by atoms with E-state index < -0.39 is 0 Å². The van der Waals surface area contributed by atoms with E-state index >= 15 is 0 Å². The van der Waals surface area contributed by atoms with Crippen LogP contribution in [0.15, 0.2) is 35.7 Å². The molecule has 0 radical (unpaired) electrons. The summed E-state index contributed by atoms with van der Waals surface area (Å²) >= 11 is 13.6. The number of halogens is 4. The van der Waals surface area contributed by atoms with Gasteiger partial charge in [-0.05, 0) is 109 Å². The molecule has 0 saturated carbocycles. The molecule has 0 aliphatic carbocycles. The number of nitrogens with zero attached hydrogens (tertiary/aromatic N) is 1. The molecule has 0 atom stereocenters. The van der Waals surface area contributed by atoms with Gasteiger partial charge in [0.25, 0.3) is 0 Å². The molecule has 0 aliphatic heterocycles. The molecule has 0 saturated heterocycles. The highest BCUT2D eigenvalue weighted by atomic mass is 79.9. The molecule has 0 fully saturated rings. The van der Waals surface area contributed by atoms with Crippen molar-refractivity contribution in [3.05, 3.63) is 30.5 Å². The van der Waals surface area contributed by atoms with Crippen LogP contribution in [-0.4, -0.2) is 25.5 Å². The van der Waals surface area contributed by atoms with Crippen molar-refractivity contribution in [2.45, 2.75) is 26.7 Å². The van der Waals surface area contributed by atoms with Gasteiger partial charge in [-0.25, -0.2) is 0 Å². The van der Waals surface area contributed by atoms with Gasteiger partial charge in [0.1, 0.15) is 24.7 Å². The summed E-state index contributed by atoms with van der Waals surface area (Å²) in [5.41, 5.74) is 0.917. The van der Waals surface area contributed by atoms with Crippen LogP contribution in [0.3, 0.4) is 0 Å². The lowest BCUT2D eigenvalue weighted by Crippen LogP contribution is -2.01. The maximum absolute atomic E-state index is 5.83. The van der Waals surface area contributed by atoms with Crippen molar-refractivity contribution in [2.75, 3.05) is 19.8 Å². The highest BCUT2D eigenvalue weighted by Crippen LogP contribution is 2.37. The van der Waals surface area contributed by atoms with Crippen LogP contribution in [-0.2, 0) is 4.84 Å². The Labute approximate surface area is 176 Å². The second kappa shape index (κ2) is 12.3. The Morgan fingerprint density at radius 3 is 2.25 bits per heavy atom. The molecule has 1 aromatic rings. The molecular formula is C16H19Br4NO3. The van der Waals surface area contributed by atoms with E-state index in [0.717, 1.165) is 42.4 Å². The Morgan fingerprint density at radius 1 is 1.04 bits per heavy atom. The summed E-state index contributed by atoms with van der Waals surface area (Å²) < 4.78 is 14.0. The van der Waals surface area contributed by atoms with Crippen LogP contribution in [0.2, 0.25) is 0 Å². The molecule has 4 nitrogen and oxygen atoms in total. The minimum Gasteiger partial charge on any atom is -0.491 e. The molecule has 0 aromatic heterocycles. The first-order valence-corrected chi connectivity index (χ1v) is 10.5. The van der Waals surface area contributed by atoms with Gasteiger partial charge in [-0.3, -0.25) is 0 Å². The van der Waals surface area contributed by atoms with E-state index in [1.165, 1.54) is 0 Å². The molecule has 0 unspecified atom stereocenters. The second-order valence-electron chi connectivity index (χ2n) is 4.95. The van der Waals surface area contributed by atoms with Crippen molar-refractivity contribution in [1.29, 1.82) is 0 Å². The standard InChI is InChI=1S/C16H19Br4NO3/c1-11(2)21-24-7-4-3-6-23-16-13(17)9-12(10-14(16)18)22-8-5-15(19)20/h5,9-10H,3-4,6-8H2,1-2H3. The third kappa shape index (κ3) is 9.44. The smallest absolute Gasteiger partial charge is 0.147 e. The zero-order chi connectivity index (χ0) is 17.9. The van der Waals surface area contributed by atoms with Gasteiger partial charge in [-0.15, -0.1) is 0 Å². The van der Waals surface area contributed by atoms with Gasteiger partial charge >= 0.3 is 0 Å². The average molecular weight is 593 g/mol. The van der Waals surface area contributed by atoms with Crippen molar-refractivity contribution in [1.82, 2.24) is 0 Å². The Bertz CT molecular complexity index is 560. The van der Waals surface area contributed by atoms with E-state index in [0.29, 0.717) is 19.8 Å². The maximum atomic E-state index is 5.83. The molecule has 0 spiro atoms. The lowest BCUT2D eigenvalue weighted by molar-refractivity contribution is 0.135. The maximum Gasteiger partial charge on any atom is 0.147 e. The normalized spacial score (nSPS) is 10.1. The first kappa shape index (κ1) is 22.0. The fourth-order valence-electron chi connectivity index (χ4n) is 1.58. The third-order valence-electron chi connectivity index (χ3n) is 2.58. The summed E-state index contributed by atoms with van der Waals surface area (Å²) in [7, 11) is 0. The van der Waals surface area contributed by atoms with Crippen LogP contribution in [0.25, 0.3) is 0 Å². The largest absolute Gasteiger partial charge is 0.491 e. The van der Waals surface area contributed by atoms with E-state index in [1.54, 1.807) is 0 Å². The van der Waals surface area contributed by atoms with Crippen molar-refractivity contribution in [3.8, 4) is 11.5 Å². The molecule has 0 aliphatic rings. The number of unbranched alkanes of at least 4 members (excludes halogenated alkanes) is 1. The van der Waals surface area contributed by atoms with Crippen LogP contribution < -0.4 is 9.47 Å². The summed E-state index contributed by atoms with van der Waals surface area (Å²) in [6, 6.07) is 3.77. The lowest BCUT2D eigenvalue weighted by atomic mass is 10.3. The molecule has 8 heteroatoms. The van der Waals surface area contributed by atoms with Crippen molar-refractivity contribution < 1.29 is 14.3 Å². The number of rotatable bonds is 10. The summed E-state index contributed by atoms with van der Waals surface area (Å²) in [6.45, 7) is 5.47. The van der Waals surface area contributed by atoms with Crippen LogP contribution in [0.4, 0.5) is 0 Å². The van der Waals surface area contributed by atoms with E-state index in [9.17, 15) is 0 Å². The van der Waals surface area contributed by atoms with E-state index in [4.69, 9.17) is 14.3 Å². The van der Waals surface area contributed by atoms with Gasteiger partial charge in [-0.1, -0.05) is 5.16 Å². The topological polar surface area (TPSA) is 40.0 Å². The van der Waals surface area contributed by atoms with Gasteiger partial charge in [0.15, 0.2) is 0 Å². The third-order valence-corrected chi connectivity index (χ3v) is 4.41. The fraction of sp³-hybridized carbons (Fsp3) is 0.438. The molecule has 1 rings (SSSR count). The van der Waals surface area contributed by atoms with Crippen molar-refractivity contribution in [3.63, 3.8) is 0 Å². The molecule has 24 heavy (non-hydrogen) atoms. The Hall–Kier alpha value is -0.0500. The van der Waals surface area contributed by atoms with E-state index in [1.807, 2.05) is 32.1 Å². The average Bonchev–Trinajstić information content (AvgIpc) is 2.47. The van der Waals surface area contributed by atoms with Crippen molar-refractivity contribution >= 4 is 69.4 Å². The molecular weight excluding hydrogens is 574 g/mol. The first-order chi connectivity index (χ1) is 11.4. The monoisotopic (exact) mass is 589 g/mol. The predicted molar refractivity (Wildman–Crippen MR) is 113 cm³/mol. The number of benzene rings is 1. The molecule has 0 heterocycles. The summed E-state index contributed by atoms with van der Waals surface area (Å²) in [5.74, 6) is 1.52. The number of ether oxygens (including phenoxy) is 2. The zero-order valence-electron chi connectivity index (χ0n) is 13.5. The highest BCUT2D eigenvalue weighted by molar-refractivity contribution is 9.28. The fourth-order valence-corrected chi connectivity index (χ4v) is 3.21. The summed E-state index contributed by atoms with van der Waals surface area (Å²) in [4.78, 5) is 5.15. The minimum absolute atomic E-state index is 0.463. The summed E-state index contributed by atoms with van der Waals surface area (Å²) in [5, 5.41) is 3.89. The van der Waals surface area contributed by atoms with Crippen LogP contribution in [0.5, 0.6) is 11.5 Å². The molecule has 0 N–H and O–H groups in total. The second-order valence-corrected chi connectivity index (χ2v) is 9.43. The number of hydrogen-bond acceptors (Lipinski definition) is 4. The molecule has 0 amide bonds. The van der Waals surface area contributed by atoms with Gasteiger partial charge in [0, 0.05) is 0 Å². The van der Waals surface area contributed by atoms with Crippen LogP contribution in [0.1, 0.15) is 26.7 Å². The molecule has 1 aromatic carbocycles. The molecule has 0 bridgehead atoms. The van der Waals surface area contributed by atoms with Gasteiger partial charge in [0.2, 0.25) is 0 Å². The Balaban J connectivity index is 2.43. The van der Waals surface area contributed by atoms with E-state index in [2.05, 4.69) is 68.9 Å². The highest BCUT2D eigenvalue weighted by Gasteiger charge is 2.09. The van der Waals surface area contributed by atoms with Crippen molar-refractivity contribution in [2.24, 2.45) is 5.16 Å². The Morgan fingerprint density at radius 2 is 1.67 bits per heavy atom. The number of hydrogen-bond donors (Lipinski definition) is 0. The lowest BCUT2D eigenvalue weighted by Gasteiger charge is -2.12. The quantitative estimate of drug-likeness (QED) is 0.171. The zero-order valence-corrected chi connectivity index (χ0v) is 19.8. The summed E-state index contributed by atoms with van der Waals surface area (Å²) in [6.07, 6.45) is 3.65. The van der Waals surface area contributed by atoms with Crippen LogP contribution >= 0.6 is 63.7 Å². The molecule has 134 valence electrons. The van der Waals surface area contributed by atoms with Gasteiger partial charge < -0.3 is 14.3 Å². The minimum atomic E-state index is 0.463. The van der Waals surface area contributed by atoms with E-state index in [-0.39, 0.29) is 0 Å². The first-order valence-electron chi connectivity index (χ1n) is 7.29. The van der Waals surface area contributed by atoms with Crippen LogP contribution in [0, 0.1) is 0 Å².